The standard InChI is InChI=1S/C12H14ClNO2/c1-14(7-8-2-3-8)11-5-4-9(12(15)16)6-10(11)13/h4-6,8H,2-3,7H2,1H3,(H,15,16). The lowest BCUT2D eigenvalue weighted by atomic mass is 10.2. The number of anilines is 1. The van der Waals surface area contributed by atoms with Gasteiger partial charge in [0.25, 0.3) is 0 Å². The highest BCUT2D eigenvalue weighted by molar-refractivity contribution is 6.33. The van der Waals surface area contributed by atoms with E-state index < -0.39 is 5.97 Å². The molecule has 0 unspecified atom stereocenters. The summed E-state index contributed by atoms with van der Waals surface area (Å²) in [5, 5.41) is 9.32. The third kappa shape index (κ3) is 2.47. The second-order valence-electron chi connectivity index (χ2n) is 4.30. The number of rotatable bonds is 4. The third-order valence-electron chi connectivity index (χ3n) is 2.83. The second kappa shape index (κ2) is 4.34. The van der Waals surface area contributed by atoms with Crippen molar-refractivity contribution in [1.82, 2.24) is 0 Å². The van der Waals surface area contributed by atoms with Gasteiger partial charge in [0.2, 0.25) is 0 Å². The first kappa shape index (κ1) is 11.3. The molecule has 1 saturated carbocycles. The summed E-state index contributed by atoms with van der Waals surface area (Å²) in [6, 6.07) is 4.86. The predicted octanol–water partition coefficient (Wildman–Crippen LogP) is 2.88. The van der Waals surface area contributed by atoms with Crippen LogP contribution in [0.4, 0.5) is 5.69 Å². The molecule has 16 heavy (non-hydrogen) atoms. The summed E-state index contributed by atoms with van der Waals surface area (Å²) in [5.41, 5.74) is 1.13. The van der Waals surface area contributed by atoms with Crippen molar-refractivity contribution in [1.29, 1.82) is 0 Å². The van der Waals surface area contributed by atoms with Crippen molar-refractivity contribution in [2.75, 3.05) is 18.5 Å². The molecule has 0 bridgehead atoms. The molecule has 1 aliphatic rings. The summed E-state index contributed by atoms with van der Waals surface area (Å²) in [5.74, 6) is -0.168. The lowest BCUT2D eigenvalue weighted by Crippen LogP contribution is -2.20. The van der Waals surface area contributed by atoms with Gasteiger partial charge in [0.05, 0.1) is 16.3 Å². The normalized spacial score (nSPS) is 14.9. The Bertz CT molecular complexity index is 415. The van der Waals surface area contributed by atoms with Crippen LogP contribution in [0.2, 0.25) is 5.02 Å². The fourth-order valence-electron chi connectivity index (χ4n) is 1.74. The van der Waals surface area contributed by atoms with Crippen LogP contribution in [0.3, 0.4) is 0 Å². The first-order valence-corrected chi connectivity index (χ1v) is 5.69. The van der Waals surface area contributed by atoms with E-state index in [1.807, 2.05) is 7.05 Å². The predicted molar refractivity (Wildman–Crippen MR) is 64.4 cm³/mol. The zero-order valence-corrected chi connectivity index (χ0v) is 9.87. The summed E-state index contributed by atoms with van der Waals surface area (Å²) in [4.78, 5) is 12.8. The molecule has 3 nitrogen and oxygen atoms in total. The van der Waals surface area contributed by atoms with Crippen molar-refractivity contribution < 1.29 is 9.90 Å². The summed E-state index contributed by atoms with van der Waals surface area (Å²) in [7, 11) is 1.99. The van der Waals surface area contributed by atoms with Crippen molar-refractivity contribution in [3.8, 4) is 0 Å². The van der Waals surface area contributed by atoms with Crippen LogP contribution in [-0.2, 0) is 0 Å². The van der Waals surface area contributed by atoms with E-state index >= 15 is 0 Å². The van der Waals surface area contributed by atoms with E-state index in [0.717, 1.165) is 18.2 Å². The van der Waals surface area contributed by atoms with E-state index in [4.69, 9.17) is 16.7 Å². The van der Waals surface area contributed by atoms with E-state index in [0.29, 0.717) is 5.02 Å². The van der Waals surface area contributed by atoms with E-state index in [1.165, 1.54) is 18.9 Å². The molecule has 1 fully saturated rings. The van der Waals surface area contributed by atoms with Gasteiger partial charge in [-0.25, -0.2) is 4.79 Å². The van der Waals surface area contributed by atoms with Gasteiger partial charge in [0.15, 0.2) is 0 Å². The van der Waals surface area contributed by atoms with Crippen molar-refractivity contribution in [3.05, 3.63) is 28.8 Å². The highest BCUT2D eigenvalue weighted by Gasteiger charge is 2.23. The fourth-order valence-corrected chi connectivity index (χ4v) is 2.06. The molecule has 1 N–H and O–H groups in total. The Hall–Kier alpha value is -1.22. The molecule has 1 aromatic carbocycles. The molecular formula is C12H14ClNO2. The smallest absolute Gasteiger partial charge is 0.335 e. The number of halogens is 1. The Labute approximate surface area is 99.6 Å². The van der Waals surface area contributed by atoms with Crippen LogP contribution in [0.25, 0.3) is 0 Å². The van der Waals surface area contributed by atoms with Crippen LogP contribution in [-0.4, -0.2) is 24.7 Å². The fraction of sp³-hybridized carbons (Fsp3) is 0.417. The summed E-state index contributed by atoms with van der Waals surface area (Å²) in [6.45, 7) is 0.992. The molecular weight excluding hydrogens is 226 g/mol. The Kier molecular flexibility index (Phi) is 3.06. The van der Waals surface area contributed by atoms with Crippen molar-refractivity contribution >= 4 is 23.3 Å². The molecule has 0 atom stereocenters. The van der Waals surface area contributed by atoms with Crippen LogP contribution in [0.1, 0.15) is 23.2 Å². The number of aromatic carboxylic acids is 1. The van der Waals surface area contributed by atoms with Crippen molar-refractivity contribution in [2.24, 2.45) is 5.92 Å². The molecule has 0 radical (unpaired) electrons. The van der Waals surface area contributed by atoms with Gasteiger partial charge in [-0.05, 0) is 37.0 Å². The highest BCUT2D eigenvalue weighted by atomic mass is 35.5. The lowest BCUT2D eigenvalue weighted by Gasteiger charge is -2.20. The van der Waals surface area contributed by atoms with Crippen LogP contribution >= 0.6 is 11.6 Å². The number of benzene rings is 1. The molecule has 0 spiro atoms. The first-order valence-electron chi connectivity index (χ1n) is 5.32. The van der Waals surface area contributed by atoms with E-state index in [9.17, 15) is 4.79 Å². The van der Waals surface area contributed by atoms with Crippen LogP contribution in [0.15, 0.2) is 18.2 Å². The maximum absolute atomic E-state index is 10.7. The average molecular weight is 240 g/mol. The zero-order valence-electron chi connectivity index (χ0n) is 9.11. The molecule has 0 heterocycles. The minimum atomic E-state index is -0.946. The summed E-state index contributed by atoms with van der Waals surface area (Å²) >= 11 is 6.07. The average Bonchev–Trinajstić information content (AvgIpc) is 3.01. The zero-order chi connectivity index (χ0) is 11.7. The molecule has 1 aromatic rings. The van der Waals surface area contributed by atoms with Gasteiger partial charge < -0.3 is 10.0 Å². The maximum Gasteiger partial charge on any atom is 0.335 e. The lowest BCUT2D eigenvalue weighted by molar-refractivity contribution is 0.0697. The number of carboxylic acid groups (broad SMARTS) is 1. The Morgan fingerprint density at radius 2 is 2.25 bits per heavy atom. The molecule has 4 heteroatoms. The summed E-state index contributed by atoms with van der Waals surface area (Å²) in [6.07, 6.45) is 2.57. The minimum Gasteiger partial charge on any atom is -0.478 e. The number of hydrogen-bond acceptors (Lipinski definition) is 2. The number of hydrogen-bond donors (Lipinski definition) is 1. The van der Waals surface area contributed by atoms with Gasteiger partial charge in [-0.2, -0.15) is 0 Å². The second-order valence-corrected chi connectivity index (χ2v) is 4.70. The number of carboxylic acids is 1. The molecule has 2 rings (SSSR count). The van der Waals surface area contributed by atoms with Crippen LogP contribution in [0, 0.1) is 5.92 Å². The molecule has 1 aliphatic carbocycles. The SMILES string of the molecule is CN(CC1CC1)c1ccc(C(=O)O)cc1Cl. The van der Waals surface area contributed by atoms with E-state index in [1.54, 1.807) is 12.1 Å². The van der Waals surface area contributed by atoms with Gasteiger partial charge in [-0.3, -0.25) is 0 Å². The number of carbonyl (C=O) groups is 1. The largest absolute Gasteiger partial charge is 0.478 e. The van der Waals surface area contributed by atoms with E-state index in [-0.39, 0.29) is 5.56 Å². The summed E-state index contributed by atoms with van der Waals surface area (Å²) < 4.78 is 0. The third-order valence-corrected chi connectivity index (χ3v) is 3.14. The topological polar surface area (TPSA) is 40.5 Å². The molecule has 0 aromatic heterocycles. The van der Waals surface area contributed by atoms with E-state index in [2.05, 4.69) is 4.90 Å². The quantitative estimate of drug-likeness (QED) is 0.878. The molecule has 86 valence electrons. The maximum atomic E-state index is 10.7. The van der Waals surface area contributed by atoms with Gasteiger partial charge in [-0.1, -0.05) is 11.6 Å². The van der Waals surface area contributed by atoms with Crippen molar-refractivity contribution in [2.45, 2.75) is 12.8 Å². The number of nitrogens with zero attached hydrogens (tertiary/aromatic N) is 1. The van der Waals surface area contributed by atoms with Crippen LogP contribution in [0.5, 0.6) is 0 Å². The molecule has 0 aliphatic heterocycles. The van der Waals surface area contributed by atoms with Gasteiger partial charge in [0.1, 0.15) is 0 Å². The van der Waals surface area contributed by atoms with Gasteiger partial charge in [-0.15, -0.1) is 0 Å². The van der Waals surface area contributed by atoms with Gasteiger partial charge in [0, 0.05) is 13.6 Å². The van der Waals surface area contributed by atoms with Gasteiger partial charge >= 0.3 is 5.97 Å². The Morgan fingerprint density at radius 3 is 2.75 bits per heavy atom. The monoisotopic (exact) mass is 239 g/mol. The molecule has 0 saturated heterocycles. The minimum absolute atomic E-state index is 0.230. The molecule has 0 amide bonds. The Balaban J connectivity index is 2.17. The Morgan fingerprint density at radius 1 is 1.56 bits per heavy atom. The first-order chi connectivity index (χ1) is 7.58. The van der Waals surface area contributed by atoms with Crippen molar-refractivity contribution in [3.63, 3.8) is 0 Å². The van der Waals surface area contributed by atoms with Crippen LogP contribution < -0.4 is 4.90 Å². The highest BCUT2D eigenvalue weighted by Crippen LogP contribution is 2.33.